The van der Waals surface area contributed by atoms with Crippen molar-refractivity contribution >= 4 is 63.7 Å². The molecule has 2 nitrogen and oxygen atoms in total. The molecular formula is C9H7Br3O2S. The van der Waals surface area contributed by atoms with Crippen LogP contribution in [0, 0.1) is 0 Å². The fraction of sp³-hybridized carbons (Fsp3) is 0.111. The van der Waals surface area contributed by atoms with E-state index < -0.39 is 11.3 Å². The van der Waals surface area contributed by atoms with Gasteiger partial charge in [-0.15, -0.1) is 0 Å². The van der Waals surface area contributed by atoms with Gasteiger partial charge in [0.2, 0.25) is 11.3 Å². The Morgan fingerprint density at radius 2 is 1.87 bits per heavy atom. The minimum Gasteiger partial charge on any atom is -0.220 e. The zero-order valence-electron chi connectivity index (χ0n) is 7.45. The molecule has 0 radical (unpaired) electrons. The summed E-state index contributed by atoms with van der Waals surface area (Å²) in [6.07, 6.45) is 1.59. The Hall–Kier alpha value is 0.350. The molecule has 0 aliphatic carbocycles. The van der Waals surface area contributed by atoms with Crippen molar-refractivity contribution in [3.63, 3.8) is 0 Å². The number of benzene rings is 1. The Morgan fingerprint density at radius 3 is 2.33 bits per heavy atom. The van der Waals surface area contributed by atoms with Crippen molar-refractivity contribution in [2.45, 2.75) is 6.37 Å². The molecule has 0 aliphatic heterocycles. The van der Waals surface area contributed by atoms with Gasteiger partial charge >= 0.3 is 0 Å². The zero-order chi connectivity index (χ0) is 11.7. The molecule has 82 valence electrons. The minimum absolute atomic E-state index is 0.213. The maximum Gasteiger partial charge on any atom is 0.239 e. The van der Waals surface area contributed by atoms with Gasteiger partial charge in [-0.3, -0.25) is 0 Å². The summed E-state index contributed by atoms with van der Waals surface area (Å²) in [7, 11) is -3.51. The summed E-state index contributed by atoms with van der Waals surface area (Å²) < 4.78 is 22.6. The largest absolute Gasteiger partial charge is 0.239 e. The third kappa shape index (κ3) is 2.93. The quantitative estimate of drug-likeness (QED) is 0.682. The number of alkyl halides is 3. The Balaban J connectivity index is 3.34. The first kappa shape index (κ1) is 13.4. The predicted octanol–water partition coefficient (Wildman–Crippen LogP) is 3.90. The zero-order valence-corrected chi connectivity index (χ0v) is 13.0. The van der Waals surface area contributed by atoms with E-state index in [4.69, 9.17) is 0 Å². The summed E-state index contributed by atoms with van der Waals surface area (Å²) in [6.45, 7) is 3.59. The number of halogens is 3. The van der Waals surface area contributed by atoms with E-state index in [-0.39, 0.29) is 4.90 Å². The number of rotatable bonds is 2. The normalized spacial score (nSPS) is 12.5. The Bertz CT molecular complexity index is 474. The molecule has 0 fully saturated rings. The molecule has 0 aliphatic rings. The highest BCUT2D eigenvalue weighted by Crippen LogP contribution is 2.43. The van der Waals surface area contributed by atoms with Crippen LogP contribution in [0.5, 0.6) is 0 Å². The molecule has 0 saturated carbocycles. The summed E-state index contributed by atoms with van der Waals surface area (Å²) in [6, 6.07) is 6.54. The fourth-order valence-electron chi connectivity index (χ4n) is 0.942. The molecule has 0 spiro atoms. The molecule has 1 rings (SSSR count). The Morgan fingerprint density at radius 1 is 1.27 bits per heavy atom. The first-order chi connectivity index (χ1) is 6.79. The van der Waals surface area contributed by atoms with Gasteiger partial charge in [0.1, 0.15) is 0 Å². The molecular weight excluding hydrogens is 412 g/mol. The van der Waals surface area contributed by atoms with Crippen molar-refractivity contribution in [1.82, 2.24) is 0 Å². The van der Waals surface area contributed by atoms with Gasteiger partial charge in [0.25, 0.3) is 0 Å². The van der Waals surface area contributed by atoms with E-state index in [1.807, 2.05) is 0 Å². The summed E-state index contributed by atoms with van der Waals surface area (Å²) in [4.78, 5) is 0.213. The van der Waals surface area contributed by atoms with Gasteiger partial charge in [0.05, 0.1) is 4.90 Å². The lowest BCUT2D eigenvalue weighted by atomic mass is 10.2. The molecule has 0 saturated heterocycles. The van der Waals surface area contributed by atoms with Gasteiger partial charge in [-0.25, -0.2) is 8.42 Å². The van der Waals surface area contributed by atoms with Gasteiger partial charge < -0.3 is 0 Å². The lowest BCUT2D eigenvalue weighted by Gasteiger charge is -2.13. The van der Waals surface area contributed by atoms with Crippen molar-refractivity contribution in [1.29, 1.82) is 0 Å². The van der Waals surface area contributed by atoms with Gasteiger partial charge in [-0.05, 0) is 65.5 Å². The van der Waals surface area contributed by atoms with Crippen molar-refractivity contribution in [2.75, 3.05) is 0 Å². The molecule has 15 heavy (non-hydrogen) atoms. The summed E-state index contributed by atoms with van der Waals surface area (Å²) in [5.74, 6) is 0. The van der Waals surface area contributed by atoms with E-state index >= 15 is 0 Å². The third-order valence-electron chi connectivity index (χ3n) is 1.71. The third-order valence-corrected chi connectivity index (χ3v) is 7.03. The number of hydrogen-bond acceptors (Lipinski definition) is 2. The van der Waals surface area contributed by atoms with E-state index in [9.17, 15) is 8.42 Å². The molecule has 0 unspecified atom stereocenters. The maximum atomic E-state index is 11.9. The molecule has 1 aromatic rings. The van der Waals surface area contributed by atoms with Gasteiger partial charge in [0, 0.05) is 0 Å². The molecule has 0 bridgehead atoms. The van der Waals surface area contributed by atoms with E-state index in [1.165, 1.54) is 6.07 Å². The first-order valence-corrected chi connectivity index (χ1v) is 7.69. The van der Waals surface area contributed by atoms with Gasteiger partial charge in [0.15, 0.2) is 0 Å². The second-order valence-electron chi connectivity index (χ2n) is 2.73. The highest BCUT2D eigenvalue weighted by molar-refractivity contribution is 9.42. The molecule has 0 N–H and O–H groups in total. The van der Waals surface area contributed by atoms with Crippen LogP contribution in [0.4, 0.5) is 0 Å². The first-order valence-electron chi connectivity index (χ1n) is 3.83. The second kappa shape index (κ2) is 4.69. The topological polar surface area (TPSA) is 34.1 Å². The highest BCUT2D eigenvalue weighted by atomic mass is 80.0. The maximum absolute atomic E-state index is 11.9. The van der Waals surface area contributed by atoms with Crippen LogP contribution >= 0.6 is 47.8 Å². The monoisotopic (exact) mass is 416 g/mol. The SMILES string of the molecule is C=Cc1cccc(S(=O)(=O)C(Br)(Br)Br)c1. The van der Waals surface area contributed by atoms with Crippen LogP contribution in [-0.2, 0) is 9.84 Å². The average molecular weight is 419 g/mol. The van der Waals surface area contributed by atoms with E-state index in [1.54, 1.807) is 24.3 Å². The lowest BCUT2D eigenvalue weighted by molar-refractivity contribution is 0.599. The molecule has 0 atom stereocenters. The minimum atomic E-state index is -3.51. The van der Waals surface area contributed by atoms with Crippen molar-refractivity contribution in [3.05, 3.63) is 36.4 Å². The number of hydrogen-bond donors (Lipinski definition) is 0. The van der Waals surface area contributed by atoms with E-state index in [2.05, 4.69) is 54.4 Å². The highest BCUT2D eigenvalue weighted by Gasteiger charge is 2.37. The smallest absolute Gasteiger partial charge is 0.220 e. The van der Waals surface area contributed by atoms with Gasteiger partial charge in [-0.2, -0.15) is 0 Å². The lowest BCUT2D eigenvalue weighted by Crippen LogP contribution is -2.17. The van der Waals surface area contributed by atoms with Crippen molar-refractivity contribution in [2.24, 2.45) is 0 Å². The van der Waals surface area contributed by atoms with Crippen molar-refractivity contribution in [3.8, 4) is 0 Å². The average Bonchev–Trinajstić information content (AvgIpc) is 2.16. The second-order valence-corrected chi connectivity index (χ2v) is 13.2. The Labute approximate surface area is 114 Å². The van der Waals surface area contributed by atoms with Crippen molar-refractivity contribution < 1.29 is 8.42 Å². The van der Waals surface area contributed by atoms with Crippen LogP contribution in [0.25, 0.3) is 6.08 Å². The molecule has 1 aromatic carbocycles. The van der Waals surface area contributed by atoms with E-state index in [0.717, 1.165) is 5.56 Å². The van der Waals surface area contributed by atoms with Crippen LogP contribution < -0.4 is 0 Å². The molecule has 6 heteroatoms. The fourth-order valence-corrected chi connectivity index (χ4v) is 3.44. The van der Waals surface area contributed by atoms with Crippen LogP contribution in [-0.4, -0.2) is 9.89 Å². The van der Waals surface area contributed by atoms with Crippen LogP contribution in [0.3, 0.4) is 0 Å². The predicted molar refractivity (Wildman–Crippen MR) is 73.2 cm³/mol. The standard InChI is InChI=1S/C9H7Br3O2S/c1-2-7-4-3-5-8(6-7)15(13,14)9(10,11)12/h2-6H,1H2. The van der Waals surface area contributed by atoms with Crippen LogP contribution in [0.2, 0.25) is 0 Å². The summed E-state index contributed by atoms with van der Waals surface area (Å²) >= 11 is 9.01. The van der Waals surface area contributed by atoms with E-state index in [0.29, 0.717) is 0 Å². The number of sulfone groups is 1. The van der Waals surface area contributed by atoms with Crippen LogP contribution in [0.15, 0.2) is 35.7 Å². The molecule has 0 aromatic heterocycles. The molecule has 0 heterocycles. The summed E-state index contributed by atoms with van der Waals surface area (Å²) in [5.41, 5.74) is 0.757. The Kier molecular flexibility index (Phi) is 4.20. The van der Waals surface area contributed by atoms with Gasteiger partial charge in [-0.1, -0.05) is 24.8 Å². The summed E-state index contributed by atoms with van der Waals surface area (Å²) in [5, 5.41) is 0. The van der Waals surface area contributed by atoms with Crippen LogP contribution in [0.1, 0.15) is 5.56 Å². The molecule has 0 amide bonds.